The fourth-order valence-electron chi connectivity index (χ4n) is 0.856. The SMILES string of the molecule is Oc1c(O)c2ccc1=2. The van der Waals surface area contributed by atoms with E-state index in [0.717, 1.165) is 10.4 Å². The van der Waals surface area contributed by atoms with Gasteiger partial charge in [0.15, 0.2) is 11.5 Å². The highest BCUT2D eigenvalue weighted by Crippen LogP contribution is 2.36. The third kappa shape index (κ3) is 0.179. The van der Waals surface area contributed by atoms with Gasteiger partial charge in [0.1, 0.15) is 0 Å². The first-order chi connectivity index (χ1) is 3.80. The van der Waals surface area contributed by atoms with Crippen LogP contribution in [0.5, 0.6) is 11.5 Å². The lowest BCUT2D eigenvalue weighted by molar-refractivity contribution is 0.387. The van der Waals surface area contributed by atoms with Crippen molar-refractivity contribution in [1.29, 1.82) is 0 Å². The first-order valence-corrected chi connectivity index (χ1v) is 2.36. The number of phenols is 2. The third-order valence-corrected chi connectivity index (χ3v) is 1.44. The molecule has 2 aliphatic carbocycles. The minimum Gasteiger partial charge on any atom is -0.504 e. The van der Waals surface area contributed by atoms with E-state index in [9.17, 15) is 0 Å². The van der Waals surface area contributed by atoms with Gasteiger partial charge in [0.25, 0.3) is 0 Å². The molecule has 0 saturated carbocycles. The van der Waals surface area contributed by atoms with Crippen molar-refractivity contribution >= 4 is 0 Å². The average Bonchev–Trinajstić information content (AvgIpc) is 1.64. The highest BCUT2D eigenvalue weighted by Gasteiger charge is 2.12. The molecule has 0 aliphatic heterocycles. The van der Waals surface area contributed by atoms with E-state index in [1.165, 1.54) is 0 Å². The van der Waals surface area contributed by atoms with Crippen molar-refractivity contribution in [3.8, 4) is 11.5 Å². The Morgan fingerprint density at radius 1 is 0.875 bits per heavy atom. The molecule has 0 aromatic carbocycles. The van der Waals surface area contributed by atoms with Crippen molar-refractivity contribution in [1.82, 2.24) is 0 Å². The van der Waals surface area contributed by atoms with Gasteiger partial charge in [-0.1, -0.05) is 0 Å². The van der Waals surface area contributed by atoms with Crippen LogP contribution in [0.1, 0.15) is 0 Å². The molecule has 0 fully saturated rings. The Hall–Kier alpha value is -1.18. The third-order valence-electron chi connectivity index (χ3n) is 1.44. The molecule has 0 heterocycles. The maximum absolute atomic E-state index is 8.73. The molecule has 0 amide bonds. The molecule has 2 aliphatic rings. The van der Waals surface area contributed by atoms with Gasteiger partial charge in [-0.2, -0.15) is 0 Å². The number of benzene rings is 1. The zero-order valence-corrected chi connectivity index (χ0v) is 4.05. The number of hydrogen-bond donors (Lipinski definition) is 2. The second kappa shape index (κ2) is 0.823. The molecule has 8 heavy (non-hydrogen) atoms. The molecule has 2 N–H and O–H groups in total. The van der Waals surface area contributed by atoms with Gasteiger partial charge in [-0.25, -0.2) is 0 Å². The first kappa shape index (κ1) is 3.78. The quantitative estimate of drug-likeness (QED) is 0.487. The van der Waals surface area contributed by atoms with Gasteiger partial charge >= 0.3 is 0 Å². The highest BCUT2D eigenvalue weighted by atomic mass is 16.3. The zero-order chi connectivity index (χ0) is 5.72. The van der Waals surface area contributed by atoms with Crippen molar-refractivity contribution < 1.29 is 10.2 Å². The summed E-state index contributed by atoms with van der Waals surface area (Å²) < 4.78 is 0. The Labute approximate surface area is 45.3 Å². The summed E-state index contributed by atoms with van der Waals surface area (Å²) in [6.07, 6.45) is 0. The second-order valence-corrected chi connectivity index (χ2v) is 1.86. The van der Waals surface area contributed by atoms with E-state index in [4.69, 9.17) is 10.2 Å². The van der Waals surface area contributed by atoms with E-state index < -0.39 is 0 Å². The molecule has 2 rings (SSSR count). The van der Waals surface area contributed by atoms with Gasteiger partial charge in [0, 0.05) is 10.4 Å². The van der Waals surface area contributed by atoms with Crippen LogP contribution in [0.3, 0.4) is 0 Å². The predicted molar refractivity (Wildman–Crippen MR) is 27.4 cm³/mol. The molecule has 2 heteroatoms. The van der Waals surface area contributed by atoms with Crippen molar-refractivity contribution in [2.24, 2.45) is 0 Å². The fourth-order valence-corrected chi connectivity index (χ4v) is 0.856. The summed E-state index contributed by atoms with van der Waals surface area (Å²) in [7, 11) is 0. The van der Waals surface area contributed by atoms with Crippen molar-refractivity contribution in [2.75, 3.05) is 0 Å². The van der Waals surface area contributed by atoms with Crippen LogP contribution in [-0.2, 0) is 0 Å². The van der Waals surface area contributed by atoms with Gasteiger partial charge in [-0.15, -0.1) is 0 Å². The molecule has 0 aromatic heterocycles. The first-order valence-electron chi connectivity index (χ1n) is 2.36. The minimum atomic E-state index is 0.0440. The molecule has 0 saturated heterocycles. The fraction of sp³-hybridized carbons (Fsp3) is 0. The molecule has 0 atom stereocenters. The maximum Gasteiger partial charge on any atom is 0.166 e. The van der Waals surface area contributed by atoms with E-state index in [2.05, 4.69) is 0 Å². The van der Waals surface area contributed by atoms with Crippen LogP contribution in [0, 0.1) is 10.4 Å². The molecule has 2 nitrogen and oxygen atoms in total. The largest absolute Gasteiger partial charge is 0.504 e. The molecule has 0 radical (unpaired) electrons. The normalized spacial score (nSPS) is 11.5. The lowest BCUT2D eigenvalue weighted by Gasteiger charge is -2.07. The van der Waals surface area contributed by atoms with E-state index in [1.807, 2.05) is 0 Å². The summed E-state index contributed by atoms with van der Waals surface area (Å²) in [6.45, 7) is 0. The predicted octanol–water partition coefficient (Wildman–Crippen LogP) is 0.698. The maximum atomic E-state index is 8.73. The monoisotopic (exact) mass is 108 g/mol. The van der Waals surface area contributed by atoms with Gasteiger partial charge in [-0.05, 0) is 12.1 Å². The van der Waals surface area contributed by atoms with E-state index in [0.29, 0.717) is 0 Å². The van der Waals surface area contributed by atoms with E-state index >= 15 is 0 Å². The van der Waals surface area contributed by atoms with Gasteiger partial charge in [-0.3, -0.25) is 0 Å². The summed E-state index contributed by atoms with van der Waals surface area (Å²) in [4.78, 5) is 0. The Kier molecular flexibility index (Phi) is 0.388. The Bertz CT molecular complexity index is 294. The second-order valence-electron chi connectivity index (χ2n) is 1.86. The summed E-state index contributed by atoms with van der Waals surface area (Å²) in [5.41, 5.74) is 0. The molecule has 0 bridgehead atoms. The summed E-state index contributed by atoms with van der Waals surface area (Å²) >= 11 is 0. The molecule has 0 aromatic rings. The number of rotatable bonds is 0. The van der Waals surface area contributed by atoms with Crippen LogP contribution < -0.4 is 0 Å². The van der Waals surface area contributed by atoms with Gasteiger partial charge < -0.3 is 10.2 Å². The highest BCUT2D eigenvalue weighted by molar-refractivity contribution is 5.51. The molecular formula is C6H4O2. The lowest BCUT2D eigenvalue weighted by atomic mass is 10.0. The molecule has 0 unspecified atom stereocenters. The van der Waals surface area contributed by atoms with Gasteiger partial charge in [0.2, 0.25) is 0 Å². The van der Waals surface area contributed by atoms with Crippen LogP contribution in [-0.4, -0.2) is 10.2 Å². The van der Waals surface area contributed by atoms with Crippen LogP contribution in [0.2, 0.25) is 0 Å². The van der Waals surface area contributed by atoms with Crippen molar-refractivity contribution in [3.05, 3.63) is 22.6 Å². The summed E-state index contributed by atoms with van der Waals surface area (Å²) in [5.74, 6) is 0.0880. The smallest absolute Gasteiger partial charge is 0.166 e. The Morgan fingerprint density at radius 2 is 1.25 bits per heavy atom. The van der Waals surface area contributed by atoms with Crippen LogP contribution in [0.15, 0.2) is 12.1 Å². The van der Waals surface area contributed by atoms with E-state index in [1.54, 1.807) is 12.1 Å². The molecule has 0 spiro atoms. The number of aromatic hydroxyl groups is 2. The van der Waals surface area contributed by atoms with Crippen LogP contribution in [0.25, 0.3) is 0 Å². The number of phenolic OH excluding ortho intramolecular Hbond substituents is 2. The molecular weight excluding hydrogens is 104 g/mol. The Balaban J connectivity index is 2.94. The topological polar surface area (TPSA) is 40.5 Å². The Morgan fingerprint density at radius 3 is 1.38 bits per heavy atom. The molecule has 40 valence electrons. The lowest BCUT2D eigenvalue weighted by Crippen LogP contribution is -1.87. The van der Waals surface area contributed by atoms with E-state index in [-0.39, 0.29) is 11.5 Å². The number of hydrogen-bond acceptors (Lipinski definition) is 2. The summed E-state index contributed by atoms with van der Waals surface area (Å²) in [6, 6.07) is 3.54. The standard InChI is InChI=1S/C6H4O2/c7-5-3-1-2-4(3)6(5)8/h1-2,7-8H. The minimum absolute atomic E-state index is 0.0440. The zero-order valence-electron chi connectivity index (χ0n) is 4.05. The summed E-state index contributed by atoms with van der Waals surface area (Å²) in [5, 5.41) is 19.0. The average molecular weight is 108 g/mol. The van der Waals surface area contributed by atoms with Crippen molar-refractivity contribution in [2.45, 2.75) is 0 Å². The van der Waals surface area contributed by atoms with Crippen LogP contribution in [0.4, 0.5) is 0 Å². The van der Waals surface area contributed by atoms with Gasteiger partial charge in [0.05, 0.1) is 0 Å². The van der Waals surface area contributed by atoms with Crippen molar-refractivity contribution in [3.63, 3.8) is 0 Å². The van der Waals surface area contributed by atoms with Crippen LogP contribution >= 0.6 is 0 Å².